The van der Waals surface area contributed by atoms with Gasteiger partial charge in [-0.25, -0.2) is 0 Å². The first-order chi connectivity index (χ1) is 10.8. The van der Waals surface area contributed by atoms with Crippen molar-refractivity contribution in [1.82, 2.24) is 0 Å². The Labute approximate surface area is 137 Å². The molecular weight excluding hydrogens is 263 g/mol. The molecule has 0 heterocycles. The minimum absolute atomic E-state index is 1.16. The van der Waals surface area contributed by atoms with E-state index in [-0.39, 0.29) is 0 Å². The summed E-state index contributed by atoms with van der Waals surface area (Å²) in [4.78, 5) is 0. The maximum absolute atomic E-state index is 1.66. The van der Waals surface area contributed by atoms with E-state index < -0.39 is 0 Å². The van der Waals surface area contributed by atoms with Crippen molar-refractivity contribution in [1.29, 1.82) is 0 Å². The van der Waals surface area contributed by atoms with Gasteiger partial charge >= 0.3 is 0 Å². The van der Waals surface area contributed by atoms with Gasteiger partial charge < -0.3 is 0 Å². The van der Waals surface area contributed by atoms with E-state index in [1.165, 1.54) is 41.9 Å². The molecule has 0 spiro atoms. The van der Waals surface area contributed by atoms with Gasteiger partial charge in [-0.15, -0.1) is 0 Å². The Morgan fingerprint density at radius 1 is 0.409 bits per heavy atom. The molecule has 22 heavy (non-hydrogen) atoms. The molecule has 1 heteroatoms. The van der Waals surface area contributed by atoms with Crippen LogP contribution in [0.2, 0.25) is 17.5 Å². The van der Waals surface area contributed by atoms with Gasteiger partial charge in [0.2, 0.25) is 0 Å². The van der Waals surface area contributed by atoms with E-state index in [1.807, 2.05) is 0 Å². The SMILES string of the molecule is C1C[C@H]2C[C@@H]1C[C@H]2B([C@@H]1C[C@H]2CC[C@@H]1C2)[C@@H]1C[C@H]2CC[C@@H]1C2. The summed E-state index contributed by atoms with van der Waals surface area (Å²) in [7, 11) is 0. The van der Waals surface area contributed by atoms with Crippen LogP contribution < -0.4 is 0 Å². The van der Waals surface area contributed by atoms with E-state index >= 15 is 0 Å². The molecule has 6 aliphatic rings. The van der Waals surface area contributed by atoms with Crippen molar-refractivity contribution in [2.75, 3.05) is 0 Å². The second-order valence-corrected chi connectivity index (χ2v) is 10.6. The van der Waals surface area contributed by atoms with Gasteiger partial charge in [0, 0.05) is 0 Å². The summed E-state index contributed by atoms with van der Waals surface area (Å²) >= 11 is 0. The highest BCUT2D eigenvalue weighted by Crippen LogP contribution is 2.66. The van der Waals surface area contributed by atoms with Crippen molar-refractivity contribution < 1.29 is 0 Å². The molecule has 0 radical (unpaired) electrons. The zero-order valence-corrected chi connectivity index (χ0v) is 14.3. The Kier molecular flexibility index (Phi) is 2.91. The van der Waals surface area contributed by atoms with Crippen LogP contribution in [0.4, 0.5) is 0 Å². The number of hydrogen-bond donors (Lipinski definition) is 0. The Morgan fingerprint density at radius 2 is 0.773 bits per heavy atom. The van der Waals surface area contributed by atoms with Crippen molar-refractivity contribution in [2.24, 2.45) is 35.5 Å². The van der Waals surface area contributed by atoms with Gasteiger partial charge in [0.1, 0.15) is 6.71 Å². The molecule has 0 unspecified atom stereocenters. The topological polar surface area (TPSA) is 0 Å². The zero-order chi connectivity index (χ0) is 14.3. The van der Waals surface area contributed by atoms with Crippen molar-refractivity contribution >= 4 is 6.71 Å². The number of fused-ring (bicyclic) bond motifs is 6. The lowest BCUT2D eigenvalue weighted by atomic mass is 9.23. The molecule has 6 fully saturated rings. The Bertz CT molecular complexity index is 392. The minimum atomic E-state index is 1.16. The molecule has 0 N–H and O–H groups in total. The van der Waals surface area contributed by atoms with Crippen molar-refractivity contribution in [2.45, 2.75) is 94.5 Å². The average Bonchev–Trinajstić information content (AvgIpc) is 3.32. The maximum Gasteiger partial charge on any atom is 0.150 e. The van der Waals surface area contributed by atoms with Crippen LogP contribution in [0.15, 0.2) is 0 Å². The van der Waals surface area contributed by atoms with Crippen molar-refractivity contribution in [3.05, 3.63) is 0 Å². The summed E-state index contributed by atoms with van der Waals surface area (Å²) < 4.78 is 0. The molecule has 0 amide bonds. The summed E-state index contributed by atoms with van der Waals surface area (Å²) in [6.45, 7) is 1.20. The molecule has 0 aromatic rings. The van der Waals surface area contributed by atoms with Gasteiger partial charge in [0.25, 0.3) is 0 Å². The lowest BCUT2D eigenvalue weighted by molar-refractivity contribution is 0.405. The fourth-order valence-electron chi connectivity index (χ4n) is 9.25. The van der Waals surface area contributed by atoms with Crippen molar-refractivity contribution in [3.8, 4) is 0 Å². The summed E-state index contributed by atoms with van der Waals surface area (Å²) in [6, 6.07) is 0. The largest absolute Gasteiger partial charge is 0.150 e. The third-order valence-corrected chi connectivity index (χ3v) is 9.86. The minimum Gasteiger partial charge on any atom is -0.0585 e. The van der Waals surface area contributed by atoms with E-state index in [0.29, 0.717) is 0 Å². The van der Waals surface area contributed by atoms with Gasteiger partial charge in [-0.1, -0.05) is 75.2 Å². The third kappa shape index (κ3) is 1.83. The highest BCUT2D eigenvalue weighted by Gasteiger charge is 2.57. The second-order valence-electron chi connectivity index (χ2n) is 10.6. The van der Waals surface area contributed by atoms with E-state index in [1.54, 1.807) is 77.0 Å². The average molecular weight is 296 g/mol. The van der Waals surface area contributed by atoms with Gasteiger partial charge in [0.15, 0.2) is 0 Å². The van der Waals surface area contributed by atoms with Gasteiger partial charge in [-0.2, -0.15) is 0 Å². The summed E-state index contributed by atoms with van der Waals surface area (Å²) in [6.07, 6.45) is 19.6. The standard InChI is InChI=1S/C21H33B/c1-4-16-7-13(1)10-19(16)22(20-11-14-2-5-17(20)8-14)21-12-15-3-6-18(21)9-15/h13-21H,1-12H2/t13-,14-,15+,16+,17+,18-,19+,20+,21+/m0/s1. The second kappa shape index (κ2) is 4.79. The summed E-state index contributed by atoms with van der Waals surface area (Å²) in [5.74, 6) is 10.6. The fraction of sp³-hybridized carbons (Fsp3) is 1.00. The molecule has 9 atom stereocenters. The predicted octanol–water partition coefficient (Wildman–Crippen LogP) is 6.05. The van der Waals surface area contributed by atoms with E-state index in [4.69, 9.17) is 0 Å². The summed E-state index contributed by atoms with van der Waals surface area (Å²) in [5.41, 5.74) is 0. The van der Waals surface area contributed by atoms with Crippen molar-refractivity contribution in [3.63, 3.8) is 0 Å². The molecule has 0 aromatic carbocycles. The number of rotatable bonds is 3. The molecule has 120 valence electrons. The molecule has 6 saturated carbocycles. The van der Waals surface area contributed by atoms with Gasteiger partial charge in [0.05, 0.1) is 0 Å². The van der Waals surface area contributed by atoms with Crippen LogP contribution in [0.25, 0.3) is 0 Å². The molecule has 0 nitrogen and oxygen atoms in total. The van der Waals surface area contributed by atoms with Crippen LogP contribution in [0.5, 0.6) is 0 Å². The maximum atomic E-state index is 1.66. The Balaban J connectivity index is 1.32. The quantitative estimate of drug-likeness (QED) is 0.556. The lowest BCUT2D eigenvalue weighted by Gasteiger charge is -2.42. The summed E-state index contributed by atoms with van der Waals surface area (Å²) in [5, 5.41) is 0. The zero-order valence-electron chi connectivity index (χ0n) is 14.3. The lowest BCUT2D eigenvalue weighted by Crippen LogP contribution is -2.39. The highest BCUT2D eigenvalue weighted by atomic mass is 14.5. The molecule has 0 saturated heterocycles. The molecule has 0 aliphatic heterocycles. The van der Waals surface area contributed by atoms with Crippen LogP contribution in [-0.4, -0.2) is 6.71 Å². The molecule has 6 bridgehead atoms. The molecule has 6 aliphatic carbocycles. The first-order valence-electron chi connectivity index (χ1n) is 10.8. The van der Waals surface area contributed by atoms with Gasteiger partial charge in [-0.05, 0) is 54.8 Å². The van der Waals surface area contributed by atoms with E-state index in [2.05, 4.69) is 0 Å². The van der Waals surface area contributed by atoms with Crippen LogP contribution >= 0.6 is 0 Å². The van der Waals surface area contributed by atoms with E-state index in [0.717, 1.165) is 17.8 Å². The first kappa shape index (κ1) is 13.4. The molecular formula is C21H33B. The third-order valence-electron chi connectivity index (χ3n) is 9.86. The Morgan fingerprint density at radius 3 is 1.00 bits per heavy atom. The van der Waals surface area contributed by atoms with E-state index in [9.17, 15) is 0 Å². The first-order valence-corrected chi connectivity index (χ1v) is 10.8. The monoisotopic (exact) mass is 296 g/mol. The predicted molar refractivity (Wildman–Crippen MR) is 93.3 cm³/mol. The van der Waals surface area contributed by atoms with Gasteiger partial charge in [-0.3, -0.25) is 0 Å². The molecule has 6 rings (SSSR count). The smallest absolute Gasteiger partial charge is 0.0585 e. The molecule has 0 aromatic heterocycles. The van der Waals surface area contributed by atoms with Crippen LogP contribution in [0.1, 0.15) is 77.0 Å². The van der Waals surface area contributed by atoms with Crippen LogP contribution in [0.3, 0.4) is 0 Å². The highest BCUT2D eigenvalue weighted by molar-refractivity contribution is 6.64. The normalized spacial score (nSPS) is 58.1. The number of hydrogen-bond acceptors (Lipinski definition) is 0. The van der Waals surface area contributed by atoms with Crippen LogP contribution in [-0.2, 0) is 0 Å². The Hall–Kier alpha value is 0.0649. The van der Waals surface area contributed by atoms with Crippen LogP contribution in [0, 0.1) is 35.5 Å². The fourth-order valence-corrected chi connectivity index (χ4v) is 9.25.